The number of halogens is 1. The van der Waals surface area contributed by atoms with Gasteiger partial charge < -0.3 is 19.5 Å². The lowest BCUT2D eigenvalue weighted by molar-refractivity contribution is -0.165. The lowest BCUT2D eigenvalue weighted by atomic mass is 9.83. The molecule has 7 heteroatoms. The molecule has 1 fully saturated rings. The predicted octanol–water partition coefficient (Wildman–Crippen LogP) is 3.00. The predicted molar refractivity (Wildman–Crippen MR) is 114 cm³/mol. The van der Waals surface area contributed by atoms with Crippen molar-refractivity contribution in [1.82, 2.24) is 14.8 Å². The normalized spacial score (nSPS) is 20.7. The van der Waals surface area contributed by atoms with Gasteiger partial charge in [0, 0.05) is 24.0 Å². The number of methoxy groups -OCH3 is 1. The second-order valence-electron chi connectivity index (χ2n) is 8.36. The molecule has 3 heterocycles. The van der Waals surface area contributed by atoms with Gasteiger partial charge in [-0.1, -0.05) is 12.1 Å². The molecule has 160 valence electrons. The summed E-state index contributed by atoms with van der Waals surface area (Å²) < 4.78 is 19.1. The van der Waals surface area contributed by atoms with Gasteiger partial charge >= 0.3 is 0 Å². The minimum atomic E-state index is -1.11. The van der Waals surface area contributed by atoms with Crippen LogP contribution >= 0.6 is 0 Å². The number of ether oxygens (including phenoxy) is 1. The molecule has 0 aliphatic carbocycles. The Hall–Kier alpha value is -3.35. The van der Waals surface area contributed by atoms with Crippen LogP contribution in [0.4, 0.5) is 4.39 Å². The van der Waals surface area contributed by atoms with Crippen molar-refractivity contribution in [3.8, 4) is 5.75 Å². The maximum absolute atomic E-state index is 13.9. The molecule has 1 N–H and O–H groups in total. The number of nitrogens with one attached hydrogen (secondary N) is 1. The van der Waals surface area contributed by atoms with Crippen LogP contribution in [0.5, 0.6) is 5.75 Å². The van der Waals surface area contributed by atoms with Crippen LogP contribution in [-0.4, -0.2) is 53.3 Å². The van der Waals surface area contributed by atoms with Gasteiger partial charge in [-0.05, 0) is 61.2 Å². The van der Waals surface area contributed by atoms with E-state index < -0.39 is 5.54 Å². The fourth-order valence-electron chi connectivity index (χ4n) is 4.94. The smallest absolute Gasteiger partial charge is 0.254 e. The van der Waals surface area contributed by atoms with E-state index in [1.54, 1.807) is 29.9 Å². The Kier molecular flexibility index (Phi) is 4.50. The summed E-state index contributed by atoms with van der Waals surface area (Å²) in [5, 5.41) is 0.784. The average molecular weight is 421 g/mol. The SMILES string of the molecule is COc1ccc(CCN2CC(=O)N3CCc4c([nH]c5ccc(F)cc45)C3(C)C2=O)cc1. The number of amides is 2. The molecule has 0 spiro atoms. The van der Waals surface area contributed by atoms with Gasteiger partial charge in [0.25, 0.3) is 5.91 Å². The Morgan fingerprint density at radius 2 is 1.94 bits per heavy atom. The van der Waals surface area contributed by atoms with Crippen molar-refractivity contribution >= 4 is 22.7 Å². The third-order valence-corrected chi connectivity index (χ3v) is 6.64. The molecule has 0 radical (unpaired) electrons. The Balaban J connectivity index is 1.47. The van der Waals surface area contributed by atoms with Gasteiger partial charge in [0.15, 0.2) is 5.54 Å². The number of hydrogen-bond acceptors (Lipinski definition) is 3. The molecule has 1 saturated heterocycles. The van der Waals surface area contributed by atoms with E-state index in [-0.39, 0.29) is 24.2 Å². The van der Waals surface area contributed by atoms with Crippen LogP contribution in [0.25, 0.3) is 10.9 Å². The van der Waals surface area contributed by atoms with Crippen molar-refractivity contribution in [3.05, 3.63) is 65.1 Å². The number of aromatic amines is 1. The maximum atomic E-state index is 13.9. The number of rotatable bonds is 4. The molecule has 1 atom stereocenters. The first-order valence-electron chi connectivity index (χ1n) is 10.4. The summed E-state index contributed by atoms with van der Waals surface area (Å²) in [7, 11) is 1.62. The Morgan fingerprint density at radius 3 is 2.68 bits per heavy atom. The minimum Gasteiger partial charge on any atom is -0.497 e. The second kappa shape index (κ2) is 7.11. The summed E-state index contributed by atoms with van der Waals surface area (Å²) in [6.45, 7) is 2.78. The largest absolute Gasteiger partial charge is 0.497 e. The number of nitrogens with zero attached hydrogens (tertiary/aromatic N) is 2. The van der Waals surface area contributed by atoms with Crippen LogP contribution in [0.2, 0.25) is 0 Å². The molecule has 2 aliphatic heterocycles. The molecule has 2 aromatic carbocycles. The molecule has 0 bridgehead atoms. The Labute approximate surface area is 179 Å². The van der Waals surface area contributed by atoms with Gasteiger partial charge in [-0.2, -0.15) is 0 Å². The molecule has 1 aromatic heterocycles. The number of H-pyrrole nitrogens is 1. The van der Waals surface area contributed by atoms with E-state index in [9.17, 15) is 14.0 Å². The summed E-state index contributed by atoms with van der Waals surface area (Å²) in [5.74, 6) is 0.302. The molecule has 0 saturated carbocycles. The first-order valence-corrected chi connectivity index (χ1v) is 10.4. The summed E-state index contributed by atoms with van der Waals surface area (Å²) >= 11 is 0. The monoisotopic (exact) mass is 421 g/mol. The fourth-order valence-corrected chi connectivity index (χ4v) is 4.94. The number of benzene rings is 2. The highest BCUT2D eigenvalue weighted by Crippen LogP contribution is 2.42. The van der Waals surface area contributed by atoms with Crippen molar-refractivity contribution in [2.75, 3.05) is 26.7 Å². The van der Waals surface area contributed by atoms with Gasteiger partial charge in [-0.15, -0.1) is 0 Å². The first-order chi connectivity index (χ1) is 14.9. The Bertz CT molecular complexity index is 1190. The quantitative estimate of drug-likeness (QED) is 0.704. The lowest BCUT2D eigenvalue weighted by Gasteiger charge is -2.49. The zero-order chi connectivity index (χ0) is 21.8. The topological polar surface area (TPSA) is 65.6 Å². The molecule has 6 nitrogen and oxygen atoms in total. The summed E-state index contributed by atoms with van der Waals surface area (Å²) in [4.78, 5) is 33.3. The summed E-state index contributed by atoms with van der Waals surface area (Å²) in [6.07, 6.45) is 1.24. The van der Waals surface area contributed by atoms with Crippen LogP contribution in [0.15, 0.2) is 42.5 Å². The maximum Gasteiger partial charge on any atom is 0.254 e. The molecular weight excluding hydrogens is 397 g/mol. The van der Waals surface area contributed by atoms with Crippen molar-refractivity contribution in [3.63, 3.8) is 0 Å². The third-order valence-electron chi connectivity index (χ3n) is 6.64. The first kappa shape index (κ1) is 19.6. The lowest BCUT2D eigenvalue weighted by Crippen LogP contribution is -2.67. The molecule has 31 heavy (non-hydrogen) atoms. The highest BCUT2D eigenvalue weighted by molar-refractivity contribution is 6.00. The highest BCUT2D eigenvalue weighted by atomic mass is 19.1. The third kappa shape index (κ3) is 2.99. The summed E-state index contributed by atoms with van der Waals surface area (Å²) in [5.41, 5.74) is 2.36. The van der Waals surface area contributed by atoms with E-state index in [2.05, 4.69) is 4.98 Å². The number of carbonyl (C=O) groups excluding carboxylic acids is 2. The molecular formula is C24H24FN3O3. The van der Waals surface area contributed by atoms with Crippen LogP contribution in [0, 0.1) is 5.82 Å². The van der Waals surface area contributed by atoms with Gasteiger partial charge in [0.1, 0.15) is 11.6 Å². The van der Waals surface area contributed by atoms with E-state index in [1.807, 2.05) is 24.3 Å². The van der Waals surface area contributed by atoms with Crippen molar-refractivity contribution in [2.45, 2.75) is 25.3 Å². The van der Waals surface area contributed by atoms with E-state index in [0.717, 1.165) is 27.8 Å². The van der Waals surface area contributed by atoms with Crippen LogP contribution in [-0.2, 0) is 28.0 Å². The fraction of sp³-hybridized carbons (Fsp3) is 0.333. The van der Waals surface area contributed by atoms with Crippen molar-refractivity contribution in [2.24, 2.45) is 0 Å². The van der Waals surface area contributed by atoms with Gasteiger partial charge in [-0.25, -0.2) is 4.39 Å². The number of piperazine rings is 1. The highest BCUT2D eigenvalue weighted by Gasteiger charge is 2.53. The molecule has 2 aliphatic rings. The van der Waals surface area contributed by atoms with Crippen molar-refractivity contribution < 1.29 is 18.7 Å². The minimum absolute atomic E-state index is 0.0627. The van der Waals surface area contributed by atoms with Crippen molar-refractivity contribution in [1.29, 1.82) is 0 Å². The van der Waals surface area contributed by atoms with E-state index in [1.165, 1.54) is 12.1 Å². The van der Waals surface area contributed by atoms with E-state index >= 15 is 0 Å². The summed E-state index contributed by atoms with van der Waals surface area (Å²) in [6, 6.07) is 12.3. The van der Waals surface area contributed by atoms with E-state index in [0.29, 0.717) is 31.6 Å². The van der Waals surface area contributed by atoms with Crippen LogP contribution < -0.4 is 4.74 Å². The second-order valence-corrected chi connectivity index (χ2v) is 8.36. The molecule has 2 amide bonds. The standard InChI is InChI=1S/C24H24FN3O3/c1-24-22-18(19-13-16(25)5-8-20(19)26-22)10-12-28(24)21(29)14-27(23(24)30)11-9-15-3-6-17(31-2)7-4-15/h3-8,13,26H,9-12,14H2,1-2H3. The molecule has 1 unspecified atom stereocenters. The van der Waals surface area contributed by atoms with Gasteiger partial charge in [-0.3, -0.25) is 9.59 Å². The number of fused-ring (bicyclic) bond motifs is 5. The number of hydrogen-bond donors (Lipinski definition) is 1. The number of carbonyl (C=O) groups is 2. The van der Waals surface area contributed by atoms with E-state index in [4.69, 9.17) is 4.74 Å². The Morgan fingerprint density at radius 1 is 1.16 bits per heavy atom. The molecule has 5 rings (SSSR count). The zero-order valence-corrected chi connectivity index (χ0v) is 17.6. The van der Waals surface area contributed by atoms with Gasteiger partial charge in [0.05, 0.1) is 19.3 Å². The van der Waals surface area contributed by atoms with Crippen LogP contribution in [0.1, 0.15) is 23.7 Å². The average Bonchev–Trinajstić information content (AvgIpc) is 3.15. The van der Waals surface area contributed by atoms with Crippen LogP contribution in [0.3, 0.4) is 0 Å². The molecule has 3 aromatic rings. The number of aromatic nitrogens is 1. The van der Waals surface area contributed by atoms with Gasteiger partial charge in [0.2, 0.25) is 5.91 Å². The zero-order valence-electron chi connectivity index (χ0n) is 17.6.